The zero-order chi connectivity index (χ0) is 50.1. The molecule has 0 fully saturated rings. The molecule has 5 aromatic rings. The highest BCUT2D eigenvalue weighted by Gasteiger charge is 2.35. The second kappa shape index (κ2) is 23.8. The molecule has 0 saturated heterocycles. The highest BCUT2D eigenvalue weighted by atomic mass is 32.1. The minimum atomic E-state index is -1.03. The van der Waals surface area contributed by atoms with Crippen molar-refractivity contribution in [3.8, 4) is 17.6 Å². The van der Waals surface area contributed by atoms with Crippen molar-refractivity contribution in [3.05, 3.63) is 108 Å². The summed E-state index contributed by atoms with van der Waals surface area (Å²) in [6, 6.07) is 17.0. The molecule has 73 heavy (non-hydrogen) atoms. The second-order valence-electron chi connectivity index (χ2n) is 19.6. The Hall–Kier alpha value is -6.15. The fourth-order valence-corrected chi connectivity index (χ4v) is 12.2. The van der Waals surface area contributed by atoms with Crippen molar-refractivity contribution in [2.75, 3.05) is 82.7 Å². The summed E-state index contributed by atoms with van der Waals surface area (Å²) < 4.78 is 30.8. The van der Waals surface area contributed by atoms with Crippen molar-refractivity contribution in [2.24, 2.45) is 0 Å². The lowest BCUT2D eigenvalue weighted by Gasteiger charge is -2.36. The zero-order valence-electron chi connectivity index (χ0n) is 41.7. The van der Waals surface area contributed by atoms with Crippen molar-refractivity contribution < 1.29 is 43.2 Å². The van der Waals surface area contributed by atoms with E-state index >= 15 is 0 Å². The number of amides is 2. The molecule has 0 bridgehead atoms. The molecule has 0 spiro atoms. The number of aryl methyl sites for hydroxylation is 2. The molecule has 10 rings (SSSR count). The number of benzene rings is 4. The van der Waals surface area contributed by atoms with Gasteiger partial charge in [0.25, 0.3) is 5.91 Å². The van der Waals surface area contributed by atoms with Gasteiger partial charge in [-0.2, -0.15) is 5.26 Å². The number of nitrogens with one attached hydrogen (secondary N) is 2. The number of hydrogen-bond acceptors (Lipinski definition) is 12. The predicted octanol–water partition coefficient (Wildman–Crippen LogP) is 8.52. The van der Waals surface area contributed by atoms with Gasteiger partial charge in [-0.3, -0.25) is 9.59 Å². The minimum Gasteiger partial charge on any atom is -0.478 e. The molecule has 0 unspecified atom stereocenters. The van der Waals surface area contributed by atoms with Crippen molar-refractivity contribution in [2.45, 2.75) is 103 Å². The summed E-state index contributed by atoms with van der Waals surface area (Å²) >= 11 is 1.28. The van der Waals surface area contributed by atoms with Crippen molar-refractivity contribution in [3.63, 3.8) is 0 Å². The quantitative estimate of drug-likeness (QED) is 0.0660. The van der Waals surface area contributed by atoms with Gasteiger partial charge >= 0.3 is 5.97 Å². The van der Waals surface area contributed by atoms with Crippen LogP contribution in [0.25, 0.3) is 21.4 Å². The predicted molar refractivity (Wildman–Crippen MR) is 282 cm³/mol. The number of hydrogen-bond donors (Lipinski definition) is 3. The van der Waals surface area contributed by atoms with Crippen LogP contribution in [0.1, 0.15) is 136 Å². The Morgan fingerprint density at radius 1 is 0.712 bits per heavy atom. The van der Waals surface area contributed by atoms with E-state index in [1.165, 1.54) is 63.8 Å². The van der Waals surface area contributed by atoms with E-state index in [1.807, 2.05) is 12.1 Å². The van der Waals surface area contributed by atoms with Gasteiger partial charge in [-0.1, -0.05) is 18.4 Å². The molecule has 0 saturated carbocycles. The number of ether oxygens (including phenoxy) is 5. The summed E-state index contributed by atoms with van der Waals surface area (Å²) in [7, 11) is 0. The maximum absolute atomic E-state index is 13.9. The van der Waals surface area contributed by atoms with Crippen LogP contribution >= 0.6 is 11.3 Å². The van der Waals surface area contributed by atoms with Gasteiger partial charge in [0.2, 0.25) is 5.91 Å². The van der Waals surface area contributed by atoms with Crippen LogP contribution in [0.3, 0.4) is 0 Å². The molecule has 382 valence electrons. The molecule has 14 nitrogen and oxygen atoms in total. The number of thiazole rings is 1. The van der Waals surface area contributed by atoms with Crippen molar-refractivity contribution >= 4 is 61.9 Å². The van der Waals surface area contributed by atoms with Crippen LogP contribution in [0.4, 0.5) is 11.4 Å². The standard InChI is InChI=1S/C58H65N5O9S/c59-36-51-62-48-19-17-41(35-49(48)73-51)61-50(64)20-24-68-26-28-70-30-31-71-29-27-69-25-21-60-57(65)40-16-18-42(58(66)67)45(34-40)53-46-32-38-12-4-2-1-3-10-37-11-5-6-14-43(52(37)38)55(46)72-56-44-15-9-23-63-22-8-7-13-39(54(44)63)33-47(53)56/h16-19,32-35H,1-15,20-31H2,(H,60,65)(H,61,64)(H,66,67). The maximum atomic E-state index is 13.9. The minimum absolute atomic E-state index is 0.164. The lowest BCUT2D eigenvalue weighted by atomic mass is 9.82. The number of aromatic carboxylic acids is 1. The Morgan fingerprint density at radius 2 is 1.41 bits per heavy atom. The van der Waals surface area contributed by atoms with E-state index in [4.69, 9.17) is 28.9 Å². The first-order valence-electron chi connectivity index (χ1n) is 26.4. The van der Waals surface area contributed by atoms with Crippen molar-refractivity contribution in [1.82, 2.24) is 10.3 Å². The lowest BCUT2D eigenvalue weighted by molar-refractivity contribution is -0.117. The summed E-state index contributed by atoms with van der Waals surface area (Å²) in [6.45, 7) is 5.03. The molecule has 5 aliphatic rings. The molecule has 4 aromatic carbocycles. The summed E-state index contributed by atoms with van der Waals surface area (Å²) in [5, 5.41) is 28.5. The molecule has 1 aromatic heterocycles. The second-order valence-corrected chi connectivity index (χ2v) is 20.7. The van der Waals surface area contributed by atoms with Gasteiger partial charge in [0, 0.05) is 64.1 Å². The zero-order valence-corrected chi connectivity index (χ0v) is 42.5. The average Bonchev–Trinajstić information content (AvgIpc) is 3.60. The van der Waals surface area contributed by atoms with Crippen LogP contribution in [0.5, 0.6) is 11.5 Å². The first kappa shape index (κ1) is 50.4. The number of rotatable bonds is 19. The molecule has 4 heterocycles. The highest BCUT2D eigenvalue weighted by molar-refractivity contribution is 7.19. The van der Waals surface area contributed by atoms with E-state index in [0.717, 1.165) is 128 Å². The fourth-order valence-electron chi connectivity index (χ4n) is 11.4. The number of carboxylic acid groups (broad SMARTS) is 1. The van der Waals surface area contributed by atoms with Gasteiger partial charge in [-0.05, 0) is 154 Å². The summed E-state index contributed by atoms with van der Waals surface area (Å²) in [5.74, 6) is 0.234. The third-order valence-electron chi connectivity index (χ3n) is 14.8. The number of carbonyl (C=O) groups excluding carboxylic acids is 2. The first-order chi connectivity index (χ1) is 35.8. The van der Waals surface area contributed by atoms with Gasteiger partial charge in [-0.15, -0.1) is 11.3 Å². The summed E-state index contributed by atoms with van der Waals surface area (Å²) in [4.78, 5) is 46.4. The largest absolute Gasteiger partial charge is 0.478 e. The third kappa shape index (κ3) is 11.5. The van der Waals surface area contributed by atoms with Crippen LogP contribution < -0.4 is 30.7 Å². The number of nitriles is 1. The van der Waals surface area contributed by atoms with Gasteiger partial charge in [-0.25, -0.2) is 9.78 Å². The van der Waals surface area contributed by atoms with Crippen LogP contribution in [-0.4, -0.2) is 100 Å². The first-order valence-corrected chi connectivity index (χ1v) is 27.3. The van der Waals surface area contributed by atoms with E-state index in [0.29, 0.717) is 61.5 Å². The van der Waals surface area contributed by atoms with Crippen LogP contribution in [0.15, 0.2) is 48.5 Å². The average molecular weight is 1010 g/mol. The highest BCUT2D eigenvalue weighted by Crippen LogP contribution is 2.49. The molecule has 0 atom stereocenters. The molecular formula is C58H65N5O9S. The lowest BCUT2D eigenvalue weighted by Crippen LogP contribution is -2.32. The Balaban J connectivity index is 0.758. The third-order valence-corrected chi connectivity index (χ3v) is 15.7. The fraction of sp³-hybridized carbons (Fsp3) is 0.466. The van der Waals surface area contributed by atoms with Crippen LogP contribution in [-0.2, 0) is 49.4 Å². The number of nitrogens with zero attached hydrogens (tertiary/aromatic N) is 3. The molecule has 0 radical (unpaired) electrons. The normalized spacial score (nSPS) is 16.0. The summed E-state index contributed by atoms with van der Waals surface area (Å²) in [6.07, 6.45) is 16.4. The molecule has 15 heteroatoms. The van der Waals surface area contributed by atoms with Gasteiger partial charge in [0.1, 0.15) is 17.6 Å². The SMILES string of the molecule is N#Cc1nc2ccc(NC(=O)CCOCCOCCOCCOCCNC(=O)c3ccc(C(=O)O)c(C4=c5cc6c7c(c5Oc5c4cc4c8c5CCCN8CCCC4)CCCCC=7CCCCCC6)c3)cc2s1. The van der Waals surface area contributed by atoms with Gasteiger partial charge < -0.3 is 44.3 Å². The van der Waals surface area contributed by atoms with Crippen LogP contribution in [0, 0.1) is 11.3 Å². The molecule has 3 aliphatic heterocycles. The van der Waals surface area contributed by atoms with Crippen LogP contribution in [0.2, 0.25) is 0 Å². The monoisotopic (exact) mass is 1010 g/mol. The van der Waals surface area contributed by atoms with Gasteiger partial charge in [0.05, 0.1) is 75.1 Å². The Morgan fingerprint density at radius 3 is 2.21 bits per heavy atom. The number of carbonyl (C=O) groups is 3. The number of fused-ring (bicyclic) bond motifs is 5. The topological polar surface area (TPSA) is 182 Å². The Bertz CT molecular complexity index is 3070. The molecule has 2 aliphatic carbocycles. The number of anilines is 2. The van der Waals surface area contributed by atoms with E-state index < -0.39 is 5.97 Å². The Labute approximate surface area is 430 Å². The molecule has 3 N–H and O–H groups in total. The summed E-state index contributed by atoms with van der Waals surface area (Å²) in [5.41, 5.74) is 12.3. The maximum Gasteiger partial charge on any atom is 0.336 e. The van der Waals surface area contributed by atoms with E-state index in [-0.39, 0.29) is 43.6 Å². The van der Waals surface area contributed by atoms with E-state index in [1.54, 1.807) is 35.9 Å². The molecular weight excluding hydrogens is 943 g/mol. The smallest absolute Gasteiger partial charge is 0.336 e. The van der Waals surface area contributed by atoms with E-state index in [2.05, 4.69) is 32.7 Å². The number of aromatic nitrogens is 1. The Kier molecular flexibility index (Phi) is 16.4. The van der Waals surface area contributed by atoms with Crippen molar-refractivity contribution in [1.29, 1.82) is 5.26 Å². The van der Waals surface area contributed by atoms with Gasteiger partial charge in [0.15, 0.2) is 5.01 Å². The molecule has 2 amide bonds. The number of carboxylic acids is 1. The van der Waals surface area contributed by atoms with E-state index in [9.17, 15) is 19.5 Å².